The smallest absolute Gasteiger partial charge is 0.490 e. The molecule has 4 rings (SSSR count). The molecule has 2 atom stereocenters. The Morgan fingerprint density at radius 3 is 2.24 bits per heavy atom. The molecule has 2 amide bonds. The van der Waals surface area contributed by atoms with Gasteiger partial charge in [-0.2, -0.15) is 4.79 Å². The van der Waals surface area contributed by atoms with Crippen molar-refractivity contribution in [3.05, 3.63) is 78.6 Å². The van der Waals surface area contributed by atoms with Crippen LogP contribution in [0.3, 0.4) is 0 Å². The Kier molecular flexibility index (Phi) is 8.86. The van der Waals surface area contributed by atoms with E-state index in [9.17, 15) is 9.59 Å². The minimum atomic E-state index is -0.752. The van der Waals surface area contributed by atoms with Crippen molar-refractivity contribution in [2.24, 2.45) is 5.10 Å². The number of pyridine rings is 1. The molecule has 42 heavy (non-hydrogen) atoms. The summed E-state index contributed by atoms with van der Waals surface area (Å²) in [6.07, 6.45) is 1.35. The number of fused-ring (bicyclic) bond motifs is 1. The molecule has 1 N–H and O–H groups in total. The van der Waals surface area contributed by atoms with Crippen LogP contribution in [0.2, 0.25) is 0 Å². The van der Waals surface area contributed by atoms with Crippen LogP contribution < -0.4 is 19.4 Å². The number of ether oxygens (including phenoxy) is 4. The quantitative estimate of drug-likeness (QED) is 0.296. The van der Waals surface area contributed by atoms with Gasteiger partial charge in [-0.15, -0.1) is 0 Å². The largest absolute Gasteiger partial charge is 0.554 e. The van der Waals surface area contributed by atoms with Crippen molar-refractivity contribution in [3.8, 4) is 11.5 Å². The van der Waals surface area contributed by atoms with Gasteiger partial charge in [-0.1, -0.05) is 35.4 Å². The molecule has 2 unspecified atom stereocenters. The number of amides is 2. The standard InChI is InChI=1S/C32H38N4O6/c1-22-27-15-11-12-16-28(27)36(35-22,30(38)42-32(5,6)7)23-17-25(19-33-18-23)40-26(20-34-29(37)41-31(2,3)4)21-39-24-13-9-8-10-14-24/h8-19,26H,20-21H2,1-7H3/p+1. The maximum absolute atomic E-state index is 13.9. The number of carbonyl (C=O) groups excluding carboxylic acids is 2. The number of aromatic nitrogens is 1. The van der Waals surface area contributed by atoms with E-state index in [-0.39, 0.29) is 13.2 Å². The van der Waals surface area contributed by atoms with E-state index in [1.165, 1.54) is 6.20 Å². The van der Waals surface area contributed by atoms with Gasteiger partial charge in [0.15, 0.2) is 11.4 Å². The highest BCUT2D eigenvalue weighted by atomic mass is 16.6. The van der Waals surface area contributed by atoms with Crippen LogP contribution in [0, 0.1) is 0 Å². The van der Waals surface area contributed by atoms with Crippen molar-refractivity contribution >= 4 is 29.3 Å². The lowest BCUT2D eigenvalue weighted by Gasteiger charge is -2.28. The molecular formula is C32H39N4O6+. The Morgan fingerprint density at radius 1 is 0.881 bits per heavy atom. The maximum Gasteiger partial charge on any atom is 0.554 e. The summed E-state index contributed by atoms with van der Waals surface area (Å²) in [4.78, 5) is 30.7. The lowest BCUT2D eigenvalue weighted by Crippen LogP contribution is -2.47. The predicted molar refractivity (Wildman–Crippen MR) is 161 cm³/mol. The summed E-state index contributed by atoms with van der Waals surface area (Å²) < 4.78 is 22.9. The van der Waals surface area contributed by atoms with E-state index in [0.717, 1.165) is 5.56 Å². The minimum Gasteiger partial charge on any atom is -0.490 e. The highest BCUT2D eigenvalue weighted by molar-refractivity contribution is 6.11. The van der Waals surface area contributed by atoms with Crippen LogP contribution in [0.1, 0.15) is 54.0 Å². The topological polar surface area (TPSA) is 108 Å². The van der Waals surface area contributed by atoms with Gasteiger partial charge in [0.05, 0.1) is 24.5 Å². The number of alkyl carbamates (subject to hydrolysis) is 1. The lowest BCUT2D eigenvalue weighted by atomic mass is 10.1. The first kappa shape index (κ1) is 30.5. The summed E-state index contributed by atoms with van der Waals surface area (Å²) in [6.45, 7) is 12.9. The van der Waals surface area contributed by atoms with E-state index in [4.69, 9.17) is 24.0 Å². The van der Waals surface area contributed by atoms with E-state index in [1.54, 1.807) is 33.0 Å². The van der Waals surface area contributed by atoms with Crippen LogP contribution >= 0.6 is 0 Å². The van der Waals surface area contributed by atoms with E-state index in [0.29, 0.717) is 28.6 Å². The molecule has 2 aromatic carbocycles. The van der Waals surface area contributed by atoms with Gasteiger partial charge in [-0.25, -0.2) is 4.79 Å². The Labute approximate surface area is 246 Å². The number of nitrogens with zero attached hydrogens (tertiary/aromatic N) is 3. The molecule has 10 nitrogen and oxygen atoms in total. The highest BCUT2D eigenvalue weighted by Crippen LogP contribution is 2.44. The molecule has 0 bridgehead atoms. The molecule has 0 radical (unpaired) electrons. The molecule has 3 aromatic rings. The van der Waals surface area contributed by atoms with Gasteiger partial charge >= 0.3 is 12.2 Å². The Morgan fingerprint density at radius 2 is 1.55 bits per heavy atom. The van der Waals surface area contributed by atoms with Crippen LogP contribution in [0.4, 0.5) is 21.0 Å². The molecule has 0 saturated heterocycles. The molecule has 10 heteroatoms. The molecule has 1 aliphatic heterocycles. The first-order chi connectivity index (χ1) is 19.8. The Hall–Kier alpha value is -4.44. The summed E-state index contributed by atoms with van der Waals surface area (Å²) in [5.41, 5.74) is 1.22. The van der Waals surface area contributed by atoms with E-state index >= 15 is 0 Å². The number of hydrogen-bond acceptors (Lipinski definition) is 8. The summed E-state index contributed by atoms with van der Waals surface area (Å²) in [6, 6.07) is 18.5. The van der Waals surface area contributed by atoms with Gasteiger partial charge in [0.1, 0.15) is 41.1 Å². The average Bonchev–Trinajstić information content (AvgIpc) is 3.22. The normalized spacial score (nSPS) is 17.0. The monoisotopic (exact) mass is 575 g/mol. The number of rotatable bonds is 8. The second kappa shape index (κ2) is 12.2. The van der Waals surface area contributed by atoms with Crippen molar-refractivity contribution in [1.82, 2.24) is 14.9 Å². The molecule has 1 aliphatic rings. The minimum absolute atomic E-state index is 0.0954. The molecule has 222 valence electrons. The van der Waals surface area contributed by atoms with Gasteiger partial charge in [-0.3, -0.25) is 4.98 Å². The first-order valence-electron chi connectivity index (χ1n) is 13.8. The number of para-hydroxylation sites is 2. The Bertz CT molecular complexity index is 1450. The Balaban J connectivity index is 1.65. The molecule has 1 aromatic heterocycles. The maximum atomic E-state index is 13.9. The zero-order valence-corrected chi connectivity index (χ0v) is 25.2. The summed E-state index contributed by atoms with van der Waals surface area (Å²) in [5.74, 6) is 1.02. The predicted octanol–water partition coefficient (Wildman–Crippen LogP) is 6.74. The summed E-state index contributed by atoms with van der Waals surface area (Å²) in [7, 11) is 0. The molecule has 0 aliphatic carbocycles. The van der Waals surface area contributed by atoms with Gasteiger partial charge in [0, 0.05) is 12.1 Å². The third-order valence-electron chi connectivity index (χ3n) is 6.03. The van der Waals surface area contributed by atoms with E-state index < -0.39 is 34.1 Å². The summed E-state index contributed by atoms with van der Waals surface area (Å²) in [5, 5.41) is 7.57. The van der Waals surface area contributed by atoms with Crippen molar-refractivity contribution in [1.29, 1.82) is 0 Å². The number of carbonyl (C=O) groups is 2. The average molecular weight is 576 g/mol. The zero-order chi connectivity index (χ0) is 30.5. The molecular weight excluding hydrogens is 536 g/mol. The number of benzene rings is 2. The SMILES string of the molecule is CC1=N[N+](C(=O)OC(C)(C)C)(c2cncc(OC(CNC(=O)OC(C)(C)C)COc3ccccc3)c2)c2ccccc21. The van der Waals surface area contributed by atoms with Crippen LogP contribution in [0.5, 0.6) is 11.5 Å². The second-order valence-electron chi connectivity index (χ2n) is 11.9. The van der Waals surface area contributed by atoms with Crippen LogP contribution in [0.15, 0.2) is 78.2 Å². The van der Waals surface area contributed by atoms with Gasteiger partial charge in [0.25, 0.3) is 0 Å². The fraction of sp³-hybridized carbons (Fsp3) is 0.375. The molecule has 0 spiro atoms. The highest BCUT2D eigenvalue weighted by Gasteiger charge is 2.52. The molecule has 2 heterocycles. The van der Waals surface area contributed by atoms with Gasteiger partial charge < -0.3 is 24.3 Å². The number of hydrogen-bond donors (Lipinski definition) is 1. The van der Waals surface area contributed by atoms with Crippen molar-refractivity contribution < 1.29 is 28.5 Å². The van der Waals surface area contributed by atoms with E-state index in [1.807, 2.05) is 82.3 Å². The fourth-order valence-corrected chi connectivity index (χ4v) is 4.36. The van der Waals surface area contributed by atoms with Gasteiger partial charge in [-0.05, 0) is 71.3 Å². The third kappa shape index (κ3) is 7.44. The second-order valence-corrected chi connectivity index (χ2v) is 11.9. The first-order valence-corrected chi connectivity index (χ1v) is 13.8. The zero-order valence-electron chi connectivity index (χ0n) is 25.2. The van der Waals surface area contributed by atoms with Crippen LogP contribution in [0.25, 0.3) is 0 Å². The van der Waals surface area contributed by atoms with Crippen molar-refractivity contribution in [2.45, 2.75) is 65.8 Å². The third-order valence-corrected chi connectivity index (χ3v) is 6.03. The molecule has 0 fully saturated rings. The van der Waals surface area contributed by atoms with Crippen molar-refractivity contribution in [2.75, 3.05) is 13.2 Å². The summed E-state index contributed by atoms with van der Waals surface area (Å²) >= 11 is 0. The lowest BCUT2D eigenvalue weighted by molar-refractivity contribution is 0.0360. The van der Waals surface area contributed by atoms with Crippen LogP contribution in [-0.4, -0.2) is 53.3 Å². The van der Waals surface area contributed by atoms with Gasteiger partial charge in [0.2, 0.25) is 0 Å². The van der Waals surface area contributed by atoms with Crippen LogP contribution in [-0.2, 0) is 9.47 Å². The number of nitrogens with one attached hydrogen (secondary N) is 1. The number of quaternary nitrogens is 1. The molecule has 0 saturated carbocycles. The fourth-order valence-electron chi connectivity index (χ4n) is 4.36. The van der Waals surface area contributed by atoms with E-state index in [2.05, 4.69) is 10.3 Å². The van der Waals surface area contributed by atoms with Crippen molar-refractivity contribution in [3.63, 3.8) is 0 Å².